The molecule has 262 valence electrons. The zero-order valence-corrected chi connectivity index (χ0v) is 25.3. The molecule has 0 aliphatic carbocycles. The molecular formula is C33H28O17. The first-order valence-electron chi connectivity index (χ1n) is 13.9. The molecule has 3 aromatic rings. The van der Waals surface area contributed by atoms with Gasteiger partial charge in [-0.15, -0.1) is 0 Å². The lowest BCUT2D eigenvalue weighted by atomic mass is 10.0. The zero-order valence-electron chi connectivity index (χ0n) is 25.3. The van der Waals surface area contributed by atoms with Gasteiger partial charge in [0.05, 0.1) is 0 Å². The molecule has 3 aromatic carbocycles. The van der Waals surface area contributed by atoms with E-state index in [2.05, 4.69) is 0 Å². The summed E-state index contributed by atoms with van der Waals surface area (Å²) in [5.41, 5.74) is 0.386. The molecule has 0 saturated heterocycles. The number of aromatic hydroxyl groups is 6. The van der Waals surface area contributed by atoms with E-state index in [0.717, 1.165) is 54.6 Å². The molecule has 3 rings (SSSR count). The normalized spacial score (nSPS) is 13.8. The summed E-state index contributed by atoms with van der Waals surface area (Å²) in [7, 11) is 0. The summed E-state index contributed by atoms with van der Waals surface area (Å²) in [6.07, 6.45) is -5.53. The summed E-state index contributed by atoms with van der Waals surface area (Å²) in [6.45, 7) is 0. The van der Waals surface area contributed by atoms with Gasteiger partial charge in [0, 0.05) is 18.2 Å². The van der Waals surface area contributed by atoms with Crippen molar-refractivity contribution < 1.29 is 84.1 Å². The van der Waals surface area contributed by atoms with E-state index in [-0.39, 0.29) is 16.7 Å². The number of aliphatic hydroxyl groups excluding tert-OH is 1. The third-order valence-corrected chi connectivity index (χ3v) is 6.40. The van der Waals surface area contributed by atoms with Gasteiger partial charge >= 0.3 is 29.8 Å². The lowest BCUT2D eigenvalue weighted by molar-refractivity contribution is -0.196. The van der Waals surface area contributed by atoms with E-state index in [0.29, 0.717) is 18.2 Å². The fourth-order valence-electron chi connectivity index (χ4n) is 3.93. The summed E-state index contributed by atoms with van der Waals surface area (Å²) < 4.78 is 14.7. The number of benzene rings is 3. The Morgan fingerprint density at radius 1 is 0.480 bits per heavy atom. The fourth-order valence-corrected chi connectivity index (χ4v) is 3.93. The van der Waals surface area contributed by atoms with E-state index >= 15 is 0 Å². The zero-order chi connectivity index (χ0) is 37.1. The van der Waals surface area contributed by atoms with Crippen molar-refractivity contribution in [3.63, 3.8) is 0 Å². The molecule has 9 N–H and O–H groups in total. The number of carbonyl (C=O) groups is 5. The van der Waals surface area contributed by atoms with Crippen molar-refractivity contribution in [3.05, 3.63) is 89.5 Å². The van der Waals surface area contributed by atoms with E-state index in [1.807, 2.05) is 0 Å². The van der Waals surface area contributed by atoms with Crippen molar-refractivity contribution in [2.24, 2.45) is 0 Å². The second-order valence-corrected chi connectivity index (χ2v) is 10.0. The first-order valence-corrected chi connectivity index (χ1v) is 13.9. The number of hydrogen-bond donors (Lipinski definition) is 9. The van der Waals surface area contributed by atoms with Crippen molar-refractivity contribution in [1.29, 1.82) is 0 Å². The van der Waals surface area contributed by atoms with Gasteiger partial charge in [-0.2, -0.15) is 0 Å². The average Bonchev–Trinajstić information content (AvgIpc) is 3.06. The van der Waals surface area contributed by atoms with Crippen molar-refractivity contribution in [3.8, 4) is 34.5 Å². The van der Waals surface area contributed by atoms with E-state index in [1.54, 1.807) is 0 Å². The number of rotatable bonds is 14. The highest BCUT2D eigenvalue weighted by atomic mass is 16.6. The van der Waals surface area contributed by atoms with Gasteiger partial charge in [-0.25, -0.2) is 24.0 Å². The number of hydrogen-bond acceptors (Lipinski definition) is 15. The highest BCUT2D eigenvalue weighted by molar-refractivity contribution is 5.91. The Morgan fingerprint density at radius 2 is 0.800 bits per heavy atom. The minimum absolute atomic E-state index is 0.118. The quantitative estimate of drug-likeness (QED) is 0.0501. The Balaban J connectivity index is 1.91. The number of phenols is 6. The van der Waals surface area contributed by atoms with Gasteiger partial charge in [-0.05, 0) is 71.3 Å². The molecule has 0 aliphatic heterocycles. The van der Waals surface area contributed by atoms with Crippen molar-refractivity contribution >= 4 is 48.1 Å². The monoisotopic (exact) mass is 696 g/mol. The van der Waals surface area contributed by atoms with Crippen molar-refractivity contribution in [2.45, 2.75) is 24.4 Å². The predicted octanol–water partition coefficient (Wildman–Crippen LogP) is 1.63. The summed E-state index contributed by atoms with van der Waals surface area (Å²) in [5.74, 6) is -11.5. The molecule has 0 fully saturated rings. The van der Waals surface area contributed by atoms with Crippen LogP contribution in [0, 0.1) is 0 Å². The molecule has 17 heteroatoms. The van der Waals surface area contributed by atoms with Crippen LogP contribution < -0.4 is 0 Å². The van der Waals surface area contributed by atoms with Gasteiger partial charge in [-0.1, -0.05) is 18.2 Å². The molecule has 0 amide bonds. The van der Waals surface area contributed by atoms with Gasteiger partial charge in [0.2, 0.25) is 12.2 Å². The van der Waals surface area contributed by atoms with Gasteiger partial charge in [0.15, 0.2) is 40.6 Å². The molecule has 0 unspecified atom stereocenters. The molecule has 0 radical (unpaired) electrons. The fraction of sp³-hybridized carbons (Fsp3) is 0.121. The minimum Gasteiger partial charge on any atom is -0.504 e. The first-order chi connectivity index (χ1) is 23.5. The highest BCUT2D eigenvalue weighted by Crippen LogP contribution is 2.27. The maximum absolute atomic E-state index is 12.8. The topological polar surface area (TPSA) is 295 Å². The van der Waals surface area contributed by atoms with Gasteiger partial charge in [-0.3, -0.25) is 0 Å². The lowest BCUT2D eigenvalue weighted by Crippen LogP contribution is -2.54. The Morgan fingerprint density at radius 3 is 1.12 bits per heavy atom. The Labute approximate surface area is 280 Å². The largest absolute Gasteiger partial charge is 0.504 e. The number of carboxylic acids is 2. The molecule has 0 saturated carbocycles. The summed E-state index contributed by atoms with van der Waals surface area (Å²) in [5, 5.41) is 87.8. The van der Waals surface area contributed by atoms with Gasteiger partial charge < -0.3 is 60.2 Å². The van der Waals surface area contributed by atoms with Crippen LogP contribution in [0.15, 0.2) is 72.8 Å². The average molecular weight is 697 g/mol. The van der Waals surface area contributed by atoms with E-state index in [9.17, 15) is 69.9 Å². The molecule has 0 bridgehead atoms. The summed E-state index contributed by atoms with van der Waals surface area (Å²) >= 11 is 0. The van der Waals surface area contributed by atoms with Crippen LogP contribution in [0.2, 0.25) is 0 Å². The molecule has 0 heterocycles. The van der Waals surface area contributed by atoms with Crippen molar-refractivity contribution in [2.75, 3.05) is 0 Å². The smallest absolute Gasteiger partial charge is 0.349 e. The molecule has 17 nitrogen and oxygen atoms in total. The Bertz CT molecular complexity index is 1860. The first kappa shape index (κ1) is 37.4. The van der Waals surface area contributed by atoms with E-state index in [1.165, 1.54) is 18.2 Å². The Kier molecular flexibility index (Phi) is 12.5. The third kappa shape index (κ3) is 10.5. The van der Waals surface area contributed by atoms with Crippen LogP contribution in [-0.2, 0) is 38.2 Å². The predicted molar refractivity (Wildman–Crippen MR) is 167 cm³/mol. The third-order valence-electron chi connectivity index (χ3n) is 6.40. The minimum atomic E-state index is -2.72. The Hall–Kier alpha value is -7.01. The van der Waals surface area contributed by atoms with Crippen LogP contribution in [0.5, 0.6) is 34.5 Å². The number of esters is 3. The summed E-state index contributed by atoms with van der Waals surface area (Å²) in [4.78, 5) is 62.2. The molecule has 0 aliphatic rings. The van der Waals surface area contributed by atoms with Crippen LogP contribution in [0.4, 0.5) is 0 Å². The standard InChI is InChI=1S/C33H28O17/c34-19-7-1-16(13-22(19)37)4-10-25(40)48-29(31(33(46)47)50-27(42)12-6-18-3-9-21(36)24(39)15-18)28(43)30(32(44)45)49-26(41)11-5-17-2-8-20(35)23(38)14-17/h1-15,28-31,34-39,43H,(H,44,45)(H,46,47)/b10-4+,11-5+,12-6+/t28-,29+,30-,31-/m1/s1. The summed E-state index contributed by atoms with van der Waals surface area (Å²) in [6, 6.07) is 10.1. The highest BCUT2D eigenvalue weighted by Gasteiger charge is 2.46. The van der Waals surface area contributed by atoms with Crippen LogP contribution in [0.3, 0.4) is 0 Å². The van der Waals surface area contributed by atoms with Crippen LogP contribution in [0.25, 0.3) is 18.2 Å². The number of phenolic OH excluding ortho intramolecular Hbond substituents is 6. The second kappa shape index (κ2) is 16.7. The number of carboxylic acid groups (broad SMARTS) is 2. The number of ether oxygens (including phenoxy) is 3. The molecule has 4 atom stereocenters. The lowest BCUT2D eigenvalue weighted by Gasteiger charge is -2.30. The molecule has 0 aromatic heterocycles. The van der Waals surface area contributed by atoms with E-state index < -0.39 is 88.8 Å². The number of carbonyl (C=O) groups excluding carboxylic acids is 3. The molecule has 50 heavy (non-hydrogen) atoms. The maximum Gasteiger partial charge on any atom is 0.349 e. The SMILES string of the molecule is O=C(/C=C/c1ccc(O)c(O)c1)O[C@@H]([C@@H](O)[C@@H](OC(=O)/C=C/c1ccc(O)c(O)c1)C(=O)O)[C@@H](OC(=O)/C=C/c1ccc(O)c(O)c1)C(=O)O. The van der Waals surface area contributed by atoms with Crippen LogP contribution in [-0.4, -0.2) is 100 Å². The second-order valence-electron chi connectivity index (χ2n) is 10.0. The van der Waals surface area contributed by atoms with Crippen LogP contribution >= 0.6 is 0 Å². The van der Waals surface area contributed by atoms with Crippen molar-refractivity contribution in [1.82, 2.24) is 0 Å². The van der Waals surface area contributed by atoms with E-state index in [4.69, 9.17) is 14.2 Å². The van der Waals surface area contributed by atoms with Crippen LogP contribution in [0.1, 0.15) is 16.7 Å². The molecular weight excluding hydrogens is 668 g/mol. The number of aliphatic hydroxyl groups is 1. The van der Waals surface area contributed by atoms with Gasteiger partial charge in [0.25, 0.3) is 0 Å². The van der Waals surface area contributed by atoms with Gasteiger partial charge in [0.1, 0.15) is 6.10 Å². The maximum atomic E-state index is 12.8. The number of aliphatic carboxylic acids is 2. The molecule has 0 spiro atoms.